The van der Waals surface area contributed by atoms with Crippen LogP contribution in [0.2, 0.25) is 36.3 Å². The molecule has 0 aliphatic carbocycles. The molecule has 0 unspecified atom stereocenters. The molecule has 0 aliphatic heterocycles. The van der Waals surface area contributed by atoms with E-state index in [1.165, 1.54) is 0 Å². The molecule has 160 valence electrons. The van der Waals surface area contributed by atoms with Crippen molar-refractivity contribution in [3.05, 3.63) is 42.5 Å². The van der Waals surface area contributed by atoms with Gasteiger partial charge < -0.3 is 14.0 Å². The maximum atomic E-state index is 9.95. The minimum Gasteiger partial charge on any atom is -0.543 e. The largest absolute Gasteiger partial charge is 0.543 e. The zero-order chi connectivity index (χ0) is 22.3. The SMILES string of the molecule is CC(C)(C)[Si](C)(C)Oc1cc(O[Si](C)(C)C(C)(C)C)cc(-c2cccc(O)c2)c1. The third kappa shape index (κ3) is 5.67. The molecule has 2 aromatic carbocycles. The summed E-state index contributed by atoms with van der Waals surface area (Å²) >= 11 is 0. The molecular weight excluding hydrogens is 392 g/mol. The molecule has 5 heteroatoms. The first-order valence-corrected chi connectivity index (χ1v) is 16.2. The van der Waals surface area contributed by atoms with Crippen molar-refractivity contribution in [1.82, 2.24) is 0 Å². The van der Waals surface area contributed by atoms with E-state index in [4.69, 9.17) is 8.85 Å². The Morgan fingerprint density at radius 1 is 0.655 bits per heavy atom. The van der Waals surface area contributed by atoms with E-state index in [1.807, 2.05) is 18.2 Å². The van der Waals surface area contributed by atoms with Crippen LogP contribution in [0.3, 0.4) is 0 Å². The highest BCUT2D eigenvalue weighted by Crippen LogP contribution is 2.42. The van der Waals surface area contributed by atoms with Crippen LogP contribution in [-0.2, 0) is 0 Å². The van der Waals surface area contributed by atoms with Crippen LogP contribution >= 0.6 is 0 Å². The molecule has 3 nitrogen and oxygen atoms in total. The number of rotatable bonds is 5. The van der Waals surface area contributed by atoms with Gasteiger partial charge in [-0.25, -0.2) is 0 Å². The van der Waals surface area contributed by atoms with Gasteiger partial charge in [0, 0.05) is 6.07 Å². The molecule has 0 atom stereocenters. The second-order valence-electron chi connectivity index (χ2n) is 11.0. The van der Waals surface area contributed by atoms with Crippen molar-refractivity contribution in [3.63, 3.8) is 0 Å². The summed E-state index contributed by atoms with van der Waals surface area (Å²) in [5.74, 6) is 1.93. The average Bonchev–Trinajstić information content (AvgIpc) is 2.51. The molecule has 0 fully saturated rings. The summed E-state index contributed by atoms with van der Waals surface area (Å²) in [6.45, 7) is 22.5. The first kappa shape index (κ1) is 23.6. The number of phenols is 1. The highest BCUT2D eigenvalue weighted by atomic mass is 28.4. The van der Waals surface area contributed by atoms with E-state index in [9.17, 15) is 5.11 Å². The van der Waals surface area contributed by atoms with Gasteiger partial charge in [0.15, 0.2) is 0 Å². The van der Waals surface area contributed by atoms with Gasteiger partial charge in [-0.1, -0.05) is 53.7 Å². The van der Waals surface area contributed by atoms with Gasteiger partial charge in [0.2, 0.25) is 16.6 Å². The minimum absolute atomic E-state index is 0.106. The van der Waals surface area contributed by atoms with E-state index in [0.717, 1.165) is 22.6 Å². The third-order valence-electron chi connectivity index (χ3n) is 6.42. The lowest BCUT2D eigenvalue weighted by Gasteiger charge is -2.38. The maximum Gasteiger partial charge on any atom is 0.250 e. The molecule has 0 amide bonds. The zero-order valence-electron chi connectivity index (χ0n) is 19.8. The van der Waals surface area contributed by atoms with Crippen LogP contribution in [0.25, 0.3) is 11.1 Å². The molecule has 0 saturated carbocycles. The minimum atomic E-state index is -1.99. The lowest BCUT2D eigenvalue weighted by atomic mass is 10.0. The number of hydrogen-bond donors (Lipinski definition) is 1. The van der Waals surface area contributed by atoms with Crippen molar-refractivity contribution in [2.75, 3.05) is 0 Å². The fourth-order valence-electron chi connectivity index (χ4n) is 2.44. The van der Waals surface area contributed by atoms with Gasteiger partial charge in [0.25, 0.3) is 0 Å². The first-order valence-electron chi connectivity index (χ1n) is 10.3. The van der Waals surface area contributed by atoms with Crippen LogP contribution in [0.4, 0.5) is 0 Å². The molecule has 2 aromatic rings. The molecular formula is C24H38O3Si2. The smallest absolute Gasteiger partial charge is 0.250 e. The van der Waals surface area contributed by atoms with Crippen LogP contribution < -0.4 is 8.85 Å². The second kappa shape index (κ2) is 7.84. The summed E-state index contributed by atoms with van der Waals surface area (Å²) in [4.78, 5) is 0. The van der Waals surface area contributed by atoms with Gasteiger partial charge in [-0.3, -0.25) is 0 Å². The van der Waals surface area contributed by atoms with Crippen LogP contribution in [0.5, 0.6) is 17.2 Å². The summed E-state index contributed by atoms with van der Waals surface area (Å²) in [5, 5.41) is 10.2. The highest BCUT2D eigenvalue weighted by Gasteiger charge is 2.40. The van der Waals surface area contributed by atoms with Gasteiger partial charge in [0.05, 0.1) is 0 Å². The van der Waals surface area contributed by atoms with Gasteiger partial charge in [0.1, 0.15) is 17.2 Å². The molecule has 0 aliphatic rings. The van der Waals surface area contributed by atoms with Crippen molar-refractivity contribution in [2.24, 2.45) is 0 Å². The Morgan fingerprint density at radius 2 is 1.10 bits per heavy atom. The van der Waals surface area contributed by atoms with Gasteiger partial charge in [-0.05, 0) is 71.7 Å². The van der Waals surface area contributed by atoms with Crippen LogP contribution in [0, 0.1) is 0 Å². The molecule has 1 N–H and O–H groups in total. The predicted octanol–water partition coefficient (Wildman–Crippen LogP) is 7.83. The van der Waals surface area contributed by atoms with Crippen LogP contribution in [-0.4, -0.2) is 21.7 Å². The molecule has 0 radical (unpaired) electrons. The Hall–Kier alpha value is -1.73. The number of benzene rings is 2. The third-order valence-corrected chi connectivity index (χ3v) is 15.1. The van der Waals surface area contributed by atoms with E-state index < -0.39 is 16.6 Å². The number of aromatic hydroxyl groups is 1. The van der Waals surface area contributed by atoms with Crippen molar-refractivity contribution < 1.29 is 14.0 Å². The monoisotopic (exact) mass is 430 g/mol. The lowest BCUT2D eigenvalue weighted by Crippen LogP contribution is -2.44. The fraction of sp³-hybridized carbons (Fsp3) is 0.500. The molecule has 29 heavy (non-hydrogen) atoms. The number of phenolic OH excluding ortho intramolecular Hbond substituents is 1. The normalized spacial score (nSPS) is 13.3. The molecule has 0 bridgehead atoms. The standard InChI is InChI=1S/C24H38O3Si2/c1-23(2,3)28(7,8)26-21-15-19(18-12-11-13-20(25)14-18)16-22(17-21)27-29(9,10)24(4,5)6/h11-17,25H,1-10H3. The van der Waals surface area contributed by atoms with Gasteiger partial charge in [-0.2, -0.15) is 0 Å². The quantitative estimate of drug-likeness (QED) is 0.491. The summed E-state index contributed by atoms with van der Waals surface area (Å²) in [5.41, 5.74) is 1.94. The van der Waals surface area contributed by atoms with Crippen molar-refractivity contribution in [1.29, 1.82) is 0 Å². The summed E-state index contributed by atoms with van der Waals surface area (Å²) < 4.78 is 13.2. The van der Waals surface area contributed by atoms with E-state index in [2.05, 4.69) is 79.9 Å². The Morgan fingerprint density at radius 3 is 1.48 bits per heavy atom. The lowest BCUT2D eigenvalue weighted by molar-refractivity contribution is 0.473. The van der Waals surface area contributed by atoms with Gasteiger partial charge >= 0.3 is 0 Å². The molecule has 0 spiro atoms. The highest BCUT2D eigenvalue weighted by molar-refractivity contribution is 6.75. The molecule has 0 heterocycles. The van der Waals surface area contributed by atoms with Crippen molar-refractivity contribution >= 4 is 16.6 Å². The first-order chi connectivity index (χ1) is 13.0. The molecule has 0 saturated heterocycles. The Labute approximate surface area is 179 Å². The van der Waals surface area contributed by atoms with Crippen LogP contribution in [0.1, 0.15) is 41.5 Å². The molecule has 2 rings (SSSR count). The van der Waals surface area contributed by atoms with E-state index in [0.29, 0.717) is 0 Å². The topological polar surface area (TPSA) is 38.7 Å². The maximum absolute atomic E-state index is 9.95. The number of hydrogen-bond acceptors (Lipinski definition) is 3. The predicted molar refractivity (Wildman–Crippen MR) is 129 cm³/mol. The Balaban J connectivity index is 2.55. The second-order valence-corrected chi connectivity index (χ2v) is 20.4. The summed E-state index contributed by atoms with van der Waals surface area (Å²) in [7, 11) is -3.98. The van der Waals surface area contributed by atoms with Crippen LogP contribution in [0.15, 0.2) is 42.5 Å². The van der Waals surface area contributed by atoms with E-state index in [-0.39, 0.29) is 15.8 Å². The Bertz CT molecular complexity index is 813. The van der Waals surface area contributed by atoms with E-state index >= 15 is 0 Å². The molecule has 0 aromatic heterocycles. The fourth-order valence-corrected chi connectivity index (χ4v) is 4.46. The Kier molecular flexibility index (Phi) is 6.37. The zero-order valence-corrected chi connectivity index (χ0v) is 21.8. The van der Waals surface area contributed by atoms with E-state index in [1.54, 1.807) is 12.1 Å². The summed E-state index contributed by atoms with van der Waals surface area (Å²) in [6, 6.07) is 13.5. The van der Waals surface area contributed by atoms with Gasteiger partial charge in [-0.15, -0.1) is 0 Å². The van der Waals surface area contributed by atoms with Crippen molar-refractivity contribution in [3.8, 4) is 28.4 Å². The average molecular weight is 431 g/mol. The summed E-state index contributed by atoms with van der Waals surface area (Å²) in [6.07, 6.45) is 0. The van der Waals surface area contributed by atoms with Crippen molar-refractivity contribution in [2.45, 2.75) is 77.8 Å².